The van der Waals surface area contributed by atoms with Crippen LogP contribution in [-0.4, -0.2) is 56.3 Å². The van der Waals surface area contributed by atoms with E-state index in [1.54, 1.807) is 0 Å². The molecule has 1 unspecified atom stereocenters. The Kier molecular flexibility index (Phi) is 9.02. The van der Waals surface area contributed by atoms with Crippen LogP contribution >= 0.6 is 0 Å². The number of carbonyl (C=O) groups excluding carboxylic acids is 3. The summed E-state index contributed by atoms with van der Waals surface area (Å²) in [5.74, 6) is -1.13. The molecule has 8 heteroatoms. The molecule has 0 spiro atoms. The third-order valence-corrected chi connectivity index (χ3v) is 3.51. The van der Waals surface area contributed by atoms with Gasteiger partial charge in [0.15, 0.2) is 0 Å². The molecule has 0 heterocycles. The molecule has 8 nitrogen and oxygen atoms in total. The number of rotatable bonds is 9. The minimum absolute atomic E-state index is 0.0384. The first kappa shape index (κ1) is 20.4. The lowest BCUT2D eigenvalue weighted by atomic mass is 10.1. The largest absolute Gasteiger partial charge is 0.469 e. The van der Waals surface area contributed by atoms with Gasteiger partial charge in [-0.25, -0.2) is 9.59 Å². The van der Waals surface area contributed by atoms with Crippen LogP contribution in [0.15, 0.2) is 30.3 Å². The van der Waals surface area contributed by atoms with Gasteiger partial charge in [0.25, 0.3) is 0 Å². The Morgan fingerprint density at radius 2 is 1.80 bits per heavy atom. The highest BCUT2D eigenvalue weighted by Crippen LogP contribution is 2.13. The molecule has 1 aromatic carbocycles. The number of hydrogen-bond donors (Lipinski definition) is 1. The van der Waals surface area contributed by atoms with Crippen molar-refractivity contribution >= 4 is 18.0 Å². The molecule has 1 rings (SSSR count). The molecule has 0 aliphatic rings. The fourth-order valence-corrected chi connectivity index (χ4v) is 2.21. The number of ether oxygens (including phenoxy) is 3. The molecule has 2 N–H and O–H groups in total. The lowest BCUT2D eigenvalue weighted by Crippen LogP contribution is -2.48. The highest BCUT2D eigenvalue weighted by atomic mass is 16.6. The summed E-state index contributed by atoms with van der Waals surface area (Å²) in [5.41, 5.74) is 6.36. The van der Waals surface area contributed by atoms with Gasteiger partial charge in [-0.3, -0.25) is 9.69 Å². The molecule has 1 atom stereocenters. The normalized spacial score (nSPS) is 11.3. The van der Waals surface area contributed by atoms with E-state index in [-0.39, 0.29) is 32.5 Å². The second-order valence-corrected chi connectivity index (χ2v) is 5.18. The predicted octanol–water partition coefficient (Wildman–Crippen LogP) is 1.08. The van der Waals surface area contributed by atoms with Gasteiger partial charge in [0.2, 0.25) is 0 Å². The smallest absolute Gasteiger partial charge is 0.410 e. The summed E-state index contributed by atoms with van der Waals surface area (Å²) in [4.78, 5) is 37.0. The van der Waals surface area contributed by atoms with Gasteiger partial charge < -0.3 is 19.9 Å². The third kappa shape index (κ3) is 6.80. The Labute approximate surface area is 146 Å². The first-order chi connectivity index (χ1) is 12.0. The van der Waals surface area contributed by atoms with Crippen molar-refractivity contribution in [2.75, 3.05) is 27.3 Å². The summed E-state index contributed by atoms with van der Waals surface area (Å²) >= 11 is 0. The summed E-state index contributed by atoms with van der Waals surface area (Å²) in [7, 11) is 2.46. The molecule has 0 aliphatic heterocycles. The van der Waals surface area contributed by atoms with Gasteiger partial charge in [0.1, 0.15) is 12.6 Å². The molecule has 0 radical (unpaired) electrons. The molecule has 0 saturated heterocycles. The number of benzene rings is 1. The van der Waals surface area contributed by atoms with Crippen LogP contribution in [0.25, 0.3) is 0 Å². The predicted molar refractivity (Wildman–Crippen MR) is 89.4 cm³/mol. The number of esters is 2. The maximum atomic E-state index is 12.4. The number of amides is 1. The van der Waals surface area contributed by atoms with Gasteiger partial charge in [-0.2, -0.15) is 0 Å². The molecule has 25 heavy (non-hydrogen) atoms. The number of nitrogens with two attached hydrogens (primary N) is 1. The van der Waals surface area contributed by atoms with Crippen LogP contribution in [0.3, 0.4) is 0 Å². The Morgan fingerprint density at radius 1 is 1.12 bits per heavy atom. The lowest BCUT2D eigenvalue weighted by molar-refractivity contribution is -0.147. The van der Waals surface area contributed by atoms with Crippen molar-refractivity contribution in [3.8, 4) is 0 Å². The summed E-state index contributed by atoms with van der Waals surface area (Å²) < 4.78 is 14.6. The topological polar surface area (TPSA) is 108 Å². The van der Waals surface area contributed by atoms with Gasteiger partial charge in [0, 0.05) is 19.5 Å². The molecule has 1 aromatic rings. The number of methoxy groups -OCH3 is 2. The van der Waals surface area contributed by atoms with Gasteiger partial charge in [-0.15, -0.1) is 0 Å². The van der Waals surface area contributed by atoms with Gasteiger partial charge >= 0.3 is 18.0 Å². The van der Waals surface area contributed by atoms with E-state index in [4.69, 9.17) is 15.2 Å². The van der Waals surface area contributed by atoms with Crippen molar-refractivity contribution in [2.24, 2.45) is 5.73 Å². The number of nitrogens with zero attached hydrogens (tertiary/aromatic N) is 1. The van der Waals surface area contributed by atoms with Crippen LogP contribution in [0.2, 0.25) is 0 Å². The highest BCUT2D eigenvalue weighted by molar-refractivity contribution is 5.82. The number of hydrogen-bond acceptors (Lipinski definition) is 7. The average Bonchev–Trinajstić information content (AvgIpc) is 2.65. The Hall–Kier alpha value is -2.61. The van der Waals surface area contributed by atoms with E-state index in [2.05, 4.69) is 4.74 Å². The van der Waals surface area contributed by atoms with E-state index >= 15 is 0 Å². The zero-order valence-electron chi connectivity index (χ0n) is 14.5. The van der Waals surface area contributed by atoms with E-state index in [9.17, 15) is 14.4 Å². The van der Waals surface area contributed by atoms with E-state index < -0.39 is 24.1 Å². The van der Waals surface area contributed by atoms with Crippen molar-refractivity contribution in [3.05, 3.63) is 35.9 Å². The van der Waals surface area contributed by atoms with Crippen LogP contribution in [-0.2, 0) is 30.4 Å². The van der Waals surface area contributed by atoms with Crippen LogP contribution in [0.5, 0.6) is 0 Å². The molecular weight excluding hydrogens is 328 g/mol. The van der Waals surface area contributed by atoms with E-state index in [0.717, 1.165) is 5.56 Å². The molecule has 0 aromatic heterocycles. The molecular formula is C17H24N2O6. The fraction of sp³-hybridized carbons (Fsp3) is 0.471. The average molecular weight is 352 g/mol. The van der Waals surface area contributed by atoms with Gasteiger partial charge in [-0.05, 0) is 12.0 Å². The summed E-state index contributed by atoms with van der Waals surface area (Å²) in [6, 6.07) is 8.16. The van der Waals surface area contributed by atoms with Crippen LogP contribution in [0.1, 0.15) is 18.4 Å². The maximum absolute atomic E-state index is 12.4. The lowest BCUT2D eigenvalue weighted by Gasteiger charge is -2.28. The second kappa shape index (κ2) is 11.0. The van der Waals surface area contributed by atoms with Gasteiger partial charge in [0.05, 0.1) is 14.2 Å². The highest BCUT2D eigenvalue weighted by Gasteiger charge is 2.31. The molecule has 0 bridgehead atoms. The zero-order chi connectivity index (χ0) is 18.7. The number of carbonyl (C=O) groups is 3. The van der Waals surface area contributed by atoms with E-state index in [1.807, 2.05) is 30.3 Å². The molecule has 0 fully saturated rings. The Balaban J connectivity index is 2.80. The fourth-order valence-electron chi connectivity index (χ4n) is 2.21. The first-order valence-electron chi connectivity index (χ1n) is 7.85. The quantitative estimate of drug-likeness (QED) is 0.523. The second-order valence-electron chi connectivity index (χ2n) is 5.18. The van der Waals surface area contributed by atoms with E-state index in [0.29, 0.717) is 0 Å². The summed E-state index contributed by atoms with van der Waals surface area (Å²) in [5, 5.41) is 0. The standard InChI is InChI=1S/C17H24N2O6/c1-23-15(20)9-8-14(16(21)24-2)19(11-10-18)17(22)25-12-13-6-4-3-5-7-13/h3-7,14H,8-12,18H2,1-2H3. The molecule has 0 saturated carbocycles. The zero-order valence-corrected chi connectivity index (χ0v) is 14.5. The van der Waals surface area contributed by atoms with E-state index in [1.165, 1.54) is 19.1 Å². The first-order valence-corrected chi connectivity index (χ1v) is 7.85. The van der Waals surface area contributed by atoms with Crippen molar-refractivity contribution < 1.29 is 28.6 Å². The van der Waals surface area contributed by atoms with Crippen molar-refractivity contribution in [1.82, 2.24) is 4.90 Å². The van der Waals surface area contributed by atoms with Crippen molar-refractivity contribution in [1.29, 1.82) is 0 Å². The monoisotopic (exact) mass is 352 g/mol. The minimum atomic E-state index is -0.976. The SMILES string of the molecule is COC(=O)CCC(C(=O)OC)N(CCN)C(=O)OCc1ccccc1. The van der Waals surface area contributed by atoms with Gasteiger partial charge in [-0.1, -0.05) is 30.3 Å². The van der Waals surface area contributed by atoms with Crippen molar-refractivity contribution in [2.45, 2.75) is 25.5 Å². The van der Waals surface area contributed by atoms with Crippen LogP contribution in [0.4, 0.5) is 4.79 Å². The summed E-state index contributed by atoms with van der Waals surface area (Å²) in [6.45, 7) is 0.284. The Morgan fingerprint density at radius 3 is 2.36 bits per heavy atom. The molecule has 0 aliphatic carbocycles. The summed E-state index contributed by atoms with van der Waals surface area (Å²) in [6.07, 6.45) is -0.683. The Bertz CT molecular complexity index is 564. The maximum Gasteiger partial charge on any atom is 0.410 e. The van der Waals surface area contributed by atoms with Crippen molar-refractivity contribution in [3.63, 3.8) is 0 Å². The minimum Gasteiger partial charge on any atom is -0.469 e. The molecule has 138 valence electrons. The third-order valence-electron chi connectivity index (χ3n) is 3.51. The molecule has 1 amide bonds. The van der Waals surface area contributed by atoms with Crippen LogP contribution < -0.4 is 5.73 Å². The van der Waals surface area contributed by atoms with Crippen LogP contribution in [0, 0.1) is 0 Å².